The first-order valence-corrected chi connectivity index (χ1v) is 11.2. The largest absolute Gasteiger partial charge is 0.497 e. The minimum atomic E-state index is -0.884. The summed E-state index contributed by atoms with van der Waals surface area (Å²) in [6.45, 7) is 4.18. The van der Waals surface area contributed by atoms with Gasteiger partial charge in [0.15, 0.2) is 0 Å². The fourth-order valence-corrected chi connectivity index (χ4v) is 5.06. The molecule has 2 saturated heterocycles. The second kappa shape index (κ2) is 8.77. The molecule has 0 bridgehead atoms. The Balaban J connectivity index is 1.33. The van der Waals surface area contributed by atoms with E-state index >= 15 is 0 Å². The number of amides is 4. The number of piperazine rings is 1. The zero-order valence-corrected chi connectivity index (χ0v) is 18.4. The van der Waals surface area contributed by atoms with Crippen LogP contribution in [0.5, 0.6) is 5.75 Å². The van der Waals surface area contributed by atoms with Crippen LogP contribution in [0.25, 0.3) is 0 Å². The molecule has 3 fully saturated rings. The van der Waals surface area contributed by atoms with Crippen molar-refractivity contribution in [3.63, 3.8) is 0 Å². The van der Waals surface area contributed by atoms with Crippen LogP contribution < -0.4 is 15.0 Å². The van der Waals surface area contributed by atoms with Crippen LogP contribution in [0.15, 0.2) is 24.3 Å². The van der Waals surface area contributed by atoms with Gasteiger partial charge in [0.2, 0.25) is 5.91 Å². The topological polar surface area (TPSA) is 82.2 Å². The van der Waals surface area contributed by atoms with Crippen molar-refractivity contribution in [3.05, 3.63) is 24.3 Å². The molecule has 0 aromatic heterocycles. The van der Waals surface area contributed by atoms with Gasteiger partial charge in [-0.2, -0.15) is 0 Å². The van der Waals surface area contributed by atoms with Gasteiger partial charge >= 0.3 is 6.03 Å². The average Bonchev–Trinajstić information content (AvgIpc) is 3.03. The number of benzene rings is 1. The van der Waals surface area contributed by atoms with Crippen molar-refractivity contribution in [2.24, 2.45) is 5.92 Å². The number of nitrogens with zero attached hydrogens (tertiary/aromatic N) is 3. The van der Waals surface area contributed by atoms with Crippen molar-refractivity contribution in [1.29, 1.82) is 0 Å². The molecule has 3 aliphatic rings. The highest BCUT2D eigenvalue weighted by Gasteiger charge is 2.52. The minimum absolute atomic E-state index is 0.144. The summed E-state index contributed by atoms with van der Waals surface area (Å²) in [5, 5.41) is 2.89. The highest BCUT2D eigenvalue weighted by Crippen LogP contribution is 2.36. The summed E-state index contributed by atoms with van der Waals surface area (Å²) in [5.74, 6) is 0.526. The van der Waals surface area contributed by atoms with Crippen molar-refractivity contribution < 1.29 is 19.1 Å². The number of anilines is 1. The van der Waals surface area contributed by atoms with Gasteiger partial charge in [0.05, 0.1) is 7.11 Å². The maximum Gasteiger partial charge on any atom is 0.325 e. The summed E-state index contributed by atoms with van der Waals surface area (Å²) in [7, 11) is 1.64. The molecule has 0 unspecified atom stereocenters. The number of ether oxygens (including phenoxy) is 1. The van der Waals surface area contributed by atoms with Crippen molar-refractivity contribution >= 4 is 23.5 Å². The molecular weight excluding hydrogens is 396 g/mol. The van der Waals surface area contributed by atoms with E-state index in [0.717, 1.165) is 42.0 Å². The summed E-state index contributed by atoms with van der Waals surface area (Å²) in [6.07, 6.45) is 5.23. The van der Waals surface area contributed by atoms with Crippen molar-refractivity contribution in [2.75, 3.05) is 44.7 Å². The Bertz CT molecular complexity index is 828. The fourth-order valence-electron chi connectivity index (χ4n) is 5.06. The molecule has 8 heteroatoms. The van der Waals surface area contributed by atoms with Gasteiger partial charge in [-0.25, -0.2) is 4.79 Å². The lowest BCUT2D eigenvalue weighted by atomic mass is 9.75. The third-order valence-electron chi connectivity index (χ3n) is 7.09. The SMILES string of the molecule is COc1ccc(N2CCN(C(=O)CN3C(=O)N[C@@](C)(C4CCCCC4)C3=O)CC2)cc1. The van der Waals surface area contributed by atoms with Gasteiger partial charge in [-0.1, -0.05) is 19.3 Å². The van der Waals surface area contributed by atoms with Gasteiger partial charge in [0, 0.05) is 31.9 Å². The van der Waals surface area contributed by atoms with Crippen molar-refractivity contribution in [3.8, 4) is 5.75 Å². The molecule has 1 saturated carbocycles. The first-order valence-electron chi connectivity index (χ1n) is 11.2. The van der Waals surface area contributed by atoms with E-state index in [9.17, 15) is 14.4 Å². The van der Waals surface area contributed by atoms with E-state index in [1.54, 1.807) is 12.0 Å². The number of carbonyl (C=O) groups is 3. The highest BCUT2D eigenvalue weighted by atomic mass is 16.5. The first kappa shape index (κ1) is 21.5. The van der Waals surface area contributed by atoms with Gasteiger partial charge < -0.3 is 19.9 Å². The van der Waals surface area contributed by atoms with Crippen LogP contribution in [-0.2, 0) is 9.59 Å². The Labute approximate surface area is 183 Å². The Morgan fingerprint density at radius 1 is 1.06 bits per heavy atom. The summed E-state index contributed by atoms with van der Waals surface area (Å²) in [4.78, 5) is 43.6. The molecule has 4 amide bonds. The number of imide groups is 1. The number of hydrogen-bond donors (Lipinski definition) is 1. The van der Waals surface area contributed by atoms with Crippen LogP contribution in [0.2, 0.25) is 0 Å². The lowest BCUT2D eigenvalue weighted by Crippen LogP contribution is -2.53. The molecule has 2 heterocycles. The van der Waals surface area contributed by atoms with Gasteiger partial charge in [0.1, 0.15) is 17.8 Å². The molecule has 8 nitrogen and oxygen atoms in total. The Morgan fingerprint density at radius 2 is 1.71 bits per heavy atom. The average molecular weight is 429 g/mol. The Kier molecular flexibility index (Phi) is 6.07. The molecule has 1 atom stereocenters. The van der Waals surface area contributed by atoms with Gasteiger partial charge in [-0.05, 0) is 49.9 Å². The molecule has 4 rings (SSSR count). The predicted octanol–water partition coefficient (Wildman–Crippen LogP) is 2.23. The van der Waals surface area contributed by atoms with E-state index in [1.807, 2.05) is 31.2 Å². The molecule has 168 valence electrons. The third kappa shape index (κ3) is 4.20. The molecule has 2 aliphatic heterocycles. The van der Waals surface area contributed by atoms with Gasteiger partial charge in [0.25, 0.3) is 5.91 Å². The summed E-state index contributed by atoms with van der Waals surface area (Å²) < 4.78 is 5.20. The minimum Gasteiger partial charge on any atom is -0.497 e. The predicted molar refractivity (Wildman–Crippen MR) is 117 cm³/mol. The van der Waals surface area contributed by atoms with E-state index in [0.29, 0.717) is 26.2 Å². The standard InChI is InChI=1S/C23H32N4O4/c1-23(17-6-4-3-5-7-17)21(29)27(22(30)24-23)16-20(28)26-14-12-25(13-15-26)18-8-10-19(31-2)11-9-18/h8-11,17H,3-7,12-16H2,1-2H3,(H,24,30)/t23-/m0/s1. The molecule has 0 radical (unpaired) electrons. The van der Waals surface area contributed by atoms with Crippen LogP contribution in [0.1, 0.15) is 39.0 Å². The van der Waals surface area contributed by atoms with E-state index < -0.39 is 11.6 Å². The van der Waals surface area contributed by atoms with Crippen LogP contribution in [0, 0.1) is 5.92 Å². The lowest BCUT2D eigenvalue weighted by Gasteiger charge is -2.37. The van der Waals surface area contributed by atoms with E-state index in [4.69, 9.17) is 4.74 Å². The summed E-state index contributed by atoms with van der Waals surface area (Å²) >= 11 is 0. The molecule has 1 aliphatic carbocycles. The maximum atomic E-state index is 13.1. The summed E-state index contributed by atoms with van der Waals surface area (Å²) in [5.41, 5.74) is 0.204. The second-order valence-corrected chi connectivity index (χ2v) is 8.92. The number of nitrogens with one attached hydrogen (secondary N) is 1. The third-order valence-corrected chi connectivity index (χ3v) is 7.09. The molecule has 1 aromatic carbocycles. The van der Waals surface area contributed by atoms with E-state index in [1.165, 1.54) is 6.42 Å². The number of carbonyl (C=O) groups excluding carboxylic acids is 3. The zero-order valence-electron chi connectivity index (χ0n) is 18.4. The summed E-state index contributed by atoms with van der Waals surface area (Å²) in [6, 6.07) is 7.43. The number of methoxy groups -OCH3 is 1. The van der Waals surface area contributed by atoms with Crippen LogP contribution >= 0.6 is 0 Å². The fraction of sp³-hybridized carbons (Fsp3) is 0.609. The smallest absolute Gasteiger partial charge is 0.325 e. The Hall–Kier alpha value is -2.77. The van der Waals surface area contributed by atoms with Crippen molar-refractivity contribution in [2.45, 2.75) is 44.6 Å². The number of urea groups is 1. The normalized spacial score (nSPS) is 25.0. The first-order chi connectivity index (χ1) is 14.9. The Morgan fingerprint density at radius 3 is 2.32 bits per heavy atom. The molecule has 1 N–H and O–H groups in total. The molecule has 31 heavy (non-hydrogen) atoms. The van der Waals surface area contributed by atoms with Crippen LogP contribution in [0.4, 0.5) is 10.5 Å². The quantitative estimate of drug-likeness (QED) is 0.728. The van der Waals surface area contributed by atoms with Crippen molar-refractivity contribution in [1.82, 2.24) is 15.1 Å². The maximum absolute atomic E-state index is 13.1. The molecular formula is C23H32N4O4. The zero-order chi connectivity index (χ0) is 22.0. The van der Waals surface area contributed by atoms with Gasteiger partial charge in [-0.15, -0.1) is 0 Å². The van der Waals surface area contributed by atoms with E-state index in [2.05, 4.69) is 10.2 Å². The molecule has 0 spiro atoms. The van der Waals surface area contributed by atoms with Crippen LogP contribution in [0.3, 0.4) is 0 Å². The second-order valence-electron chi connectivity index (χ2n) is 8.92. The lowest BCUT2D eigenvalue weighted by molar-refractivity contribution is -0.140. The number of hydrogen-bond acceptors (Lipinski definition) is 5. The van der Waals surface area contributed by atoms with Gasteiger partial charge in [-0.3, -0.25) is 14.5 Å². The molecule has 1 aromatic rings. The number of rotatable bonds is 5. The monoisotopic (exact) mass is 428 g/mol. The van der Waals surface area contributed by atoms with Crippen LogP contribution in [-0.4, -0.2) is 73.0 Å². The van der Waals surface area contributed by atoms with E-state index in [-0.39, 0.29) is 24.3 Å². The highest BCUT2D eigenvalue weighted by molar-refractivity contribution is 6.09.